The zero-order valence-electron chi connectivity index (χ0n) is 10.6. The van der Waals surface area contributed by atoms with E-state index < -0.39 is 4.92 Å². The van der Waals surface area contributed by atoms with E-state index in [1.165, 1.54) is 6.07 Å². The number of nitro benzene ring substituents is 1. The van der Waals surface area contributed by atoms with Crippen LogP contribution in [0.2, 0.25) is 0 Å². The van der Waals surface area contributed by atoms with E-state index in [1.54, 1.807) is 12.1 Å². The number of halogens is 1. The lowest BCUT2D eigenvalue weighted by atomic mass is 10.2. The number of carbonyl (C=O) groups is 1. The minimum atomic E-state index is -0.432. The van der Waals surface area contributed by atoms with E-state index in [-0.39, 0.29) is 24.7 Å². The van der Waals surface area contributed by atoms with Crippen LogP contribution in [0.15, 0.2) is 22.7 Å². The van der Waals surface area contributed by atoms with Gasteiger partial charge >= 0.3 is 0 Å². The normalized spacial score (nSPS) is 10.2. The Morgan fingerprint density at radius 2 is 2.21 bits per heavy atom. The van der Waals surface area contributed by atoms with Crippen LogP contribution in [0, 0.1) is 10.1 Å². The van der Waals surface area contributed by atoms with Gasteiger partial charge in [0.05, 0.1) is 11.5 Å². The van der Waals surface area contributed by atoms with Crippen molar-refractivity contribution in [3.8, 4) is 0 Å². The molecule has 1 amide bonds. The number of nitrogens with one attached hydrogen (secondary N) is 2. The van der Waals surface area contributed by atoms with Crippen molar-refractivity contribution in [2.45, 2.75) is 19.9 Å². The Morgan fingerprint density at radius 1 is 1.47 bits per heavy atom. The number of hydrogen-bond acceptors (Lipinski definition) is 4. The highest BCUT2D eigenvalue weighted by Gasteiger charge is 2.13. The van der Waals surface area contributed by atoms with Gasteiger partial charge in [-0.05, 0) is 18.6 Å². The molecular weight excluding hydrogens is 314 g/mol. The van der Waals surface area contributed by atoms with Gasteiger partial charge in [-0.25, -0.2) is 0 Å². The summed E-state index contributed by atoms with van der Waals surface area (Å²) in [5.74, 6) is -0.110. The van der Waals surface area contributed by atoms with Crippen LogP contribution in [0.1, 0.15) is 18.9 Å². The summed E-state index contributed by atoms with van der Waals surface area (Å²) in [7, 11) is 0. The maximum absolute atomic E-state index is 11.4. The molecule has 0 atom stereocenters. The third kappa shape index (κ3) is 5.35. The Hall–Kier alpha value is -1.47. The summed E-state index contributed by atoms with van der Waals surface area (Å²) in [4.78, 5) is 21.8. The Labute approximate surface area is 119 Å². The third-order valence-corrected chi connectivity index (χ3v) is 2.91. The summed E-state index contributed by atoms with van der Waals surface area (Å²) in [5.41, 5.74) is 0.590. The van der Waals surface area contributed by atoms with E-state index in [0.717, 1.165) is 6.42 Å². The van der Waals surface area contributed by atoms with Crippen LogP contribution in [0.3, 0.4) is 0 Å². The molecule has 7 heteroatoms. The standard InChI is InChI=1S/C12H16BrN3O3/c1-2-5-15-12(17)8-14-7-9-3-4-10(13)6-11(9)16(18)19/h3-4,6,14H,2,5,7-8H2,1H3,(H,15,17). The molecule has 0 saturated carbocycles. The smallest absolute Gasteiger partial charge is 0.275 e. The van der Waals surface area contributed by atoms with Crippen molar-refractivity contribution in [1.29, 1.82) is 0 Å². The highest BCUT2D eigenvalue weighted by atomic mass is 79.9. The van der Waals surface area contributed by atoms with Gasteiger partial charge in [-0.1, -0.05) is 22.9 Å². The predicted octanol–water partition coefficient (Wildman–Crippen LogP) is 1.97. The molecule has 0 spiro atoms. The first-order chi connectivity index (χ1) is 9.04. The summed E-state index contributed by atoms with van der Waals surface area (Å²) >= 11 is 3.20. The van der Waals surface area contributed by atoms with E-state index in [9.17, 15) is 14.9 Å². The number of amides is 1. The lowest BCUT2D eigenvalue weighted by Crippen LogP contribution is -2.34. The summed E-state index contributed by atoms with van der Waals surface area (Å²) < 4.78 is 0.656. The van der Waals surface area contributed by atoms with E-state index >= 15 is 0 Å². The molecule has 0 radical (unpaired) electrons. The average molecular weight is 330 g/mol. The number of carbonyl (C=O) groups excluding carboxylic acids is 1. The SMILES string of the molecule is CCCNC(=O)CNCc1ccc(Br)cc1[N+](=O)[O-]. The number of benzene rings is 1. The molecule has 0 heterocycles. The molecule has 1 aromatic carbocycles. The van der Waals surface area contributed by atoms with Crippen molar-refractivity contribution in [3.63, 3.8) is 0 Å². The first-order valence-electron chi connectivity index (χ1n) is 5.94. The van der Waals surface area contributed by atoms with Crippen molar-refractivity contribution in [2.75, 3.05) is 13.1 Å². The van der Waals surface area contributed by atoms with Gasteiger partial charge in [0, 0.05) is 29.2 Å². The Kier molecular flexibility index (Phi) is 6.44. The van der Waals surface area contributed by atoms with Gasteiger partial charge in [-0.15, -0.1) is 0 Å². The second-order valence-electron chi connectivity index (χ2n) is 3.98. The van der Waals surface area contributed by atoms with E-state index in [2.05, 4.69) is 26.6 Å². The zero-order chi connectivity index (χ0) is 14.3. The minimum absolute atomic E-state index is 0.0378. The van der Waals surface area contributed by atoms with Gasteiger partial charge in [0.1, 0.15) is 0 Å². The molecule has 6 nitrogen and oxygen atoms in total. The summed E-state index contributed by atoms with van der Waals surface area (Å²) in [5, 5.41) is 16.5. The summed E-state index contributed by atoms with van der Waals surface area (Å²) in [6, 6.07) is 4.86. The lowest BCUT2D eigenvalue weighted by Gasteiger charge is -2.06. The molecule has 1 aromatic rings. The number of hydrogen-bond donors (Lipinski definition) is 2. The fourth-order valence-electron chi connectivity index (χ4n) is 1.49. The van der Waals surface area contributed by atoms with Gasteiger partial charge in [0.25, 0.3) is 5.69 Å². The maximum Gasteiger partial charge on any atom is 0.275 e. The van der Waals surface area contributed by atoms with Crippen molar-refractivity contribution in [3.05, 3.63) is 38.3 Å². The molecule has 0 aliphatic rings. The van der Waals surface area contributed by atoms with Crippen LogP contribution in [0.25, 0.3) is 0 Å². The van der Waals surface area contributed by atoms with E-state index in [4.69, 9.17) is 0 Å². The van der Waals surface area contributed by atoms with Gasteiger partial charge in [-0.2, -0.15) is 0 Å². The molecule has 19 heavy (non-hydrogen) atoms. The van der Waals surface area contributed by atoms with Gasteiger partial charge in [-0.3, -0.25) is 14.9 Å². The lowest BCUT2D eigenvalue weighted by molar-refractivity contribution is -0.385. The minimum Gasteiger partial charge on any atom is -0.355 e. The topological polar surface area (TPSA) is 84.3 Å². The average Bonchev–Trinajstić information content (AvgIpc) is 2.37. The van der Waals surface area contributed by atoms with Crippen molar-refractivity contribution < 1.29 is 9.72 Å². The Balaban J connectivity index is 2.53. The molecule has 0 saturated heterocycles. The van der Waals surface area contributed by atoms with Crippen LogP contribution in [0.5, 0.6) is 0 Å². The Morgan fingerprint density at radius 3 is 2.84 bits per heavy atom. The molecular formula is C12H16BrN3O3. The largest absolute Gasteiger partial charge is 0.355 e. The quantitative estimate of drug-likeness (QED) is 0.591. The second-order valence-corrected chi connectivity index (χ2v) is 4.90. The maximum atomic E-state index is 11.4. The monoisotopic (exact) mass is 329 g/mol. The van der Waals surface area contributed by atoms with Crippen LogP contribution < -0.4 is 10.6 Å². The third-order valence-electron chi connectivity index (χ3n) is 2.42. The van der Waals surface area contributed by atoms with E-state index in [1.807, 2.05) is 6.92 Å². The fourth-order valence-corrected chi connectivity index (χ4v) is 1.84. The molecule has 0 aliphatic carbocycles. The van der Waals surface area contributed by atoms with E-state index in [0.29, 0.717) is 16.6 Å². The van der Waals surface area contributed by atoms with Crippen molar-refractivity contribution >= 4 is 27.5 Å². The molecule has 2 N–H and O–H groups in total. The Bertz CT molecular complexity index is 466. The van der Waals surface area contributed by atoms with Crippen molar-refractivity contribution in [2.24, 2.45) is 0 Å². The summed E-state index contributed by atoms with van der Waals surface area (Å²) in [6.07, 6.45) is 0.879. The van der Waals surface area contributed by atoms with Gasteiger partial charge in [0.2, 0.25) is 5.91 Å². The number of nitrogens with zero attached hydrogens (tertiary/aromatic N) is 1. The zero-order valence-corrected chi connectivity index (χ0v) is 12.2. The fraction of sp³-hybridized carbons (Fsp3) is 0.417. The van der Waals surface area contributed by atoms with Gasteiger partial charge in [0.15, 0.2) is 0 Å². The first kappa shape index (κ1) is 15.6. The molecule has 0 fully saturated rings. The number of rotatable bonds is 7. The van der Waals surface area contributed by atoms with Crippen LogP contribution >= 0.6 is 15.9 Å². The molecule has 0 bridgehead atoms. The van der Waals surface area contributed by atoms with Crippen LogP contribution in [0.4, 0.5) is 5.69 Å². The van der Waals surface area contributed by atoms with Gasteiger partial charge < -0.3 is 10.6 Å². The second kappa shape index (κ2) is 7.85. The highest BCUT2D eigenvalue weighted by Crippen LogP contribution is 2.23. The number of nitro groups is 1. The molecule has 0 unspecified atom stereocenters. The highest BCUT2D eigenvalue weighted by molar-refractivity contribution is 9.10. The molecule has 0 aliphatic heterocycles. The molecule has 1 rings (SSSR count). The van der Waals surface area contributed by atoms with Crippen molar-refractivity contribution in [1.82, 2.24) is 10.6 Å². The summed E-state index contributed by atoms with van der Waals surface area (Å²) in [6.45, 7) is 3.04. The van der Waals surface area contributed by atoms with Crippen LogP contribution in [-0.2, 0) is 11.3 Å². The van der Waals surface area contributed by atoms with Crippen LogP contribution in [-0.4, -0.2) is 23.9 Å². The molecule has 104 valence electrons. The first-order valence-corrected chi connectivity index (χ1v) is 6.74. The predicted molar refractivity (Wildman–Crippen MR) is 75.8 cm³/mol. The molecule has 0 aromatic heterocycles.